The van der Waals surface area contributed by atoms with E-state index < -0.39 is 10.0 Å². The van der Waals surface area contributed by atoms with Crippen molar-refractivity contribution in [2.24, 2.45) is 0 Å². The summed E-state index contributed by atoms with van der Waals surface area (Å²) >= 11 is 4.68. The van der Waals surface area contributed by atoms with Crippen molar-refractivity contribution in [3.05, 3.63) is 66.2 Å². The van der Waals surface area contributed by atoms with Crippen LogP contribution in [0, 0.1) is 0 Å². The van der Waals surface area contributed by atoms with Crippen molar-refractivity contribution in [1.82, 2.24) is 4.31 Å². The second kappa shape index (κ2) is 7.13. The van der Waals surface area contributed by atoms with Crippen LogP contribution in [0.2, 0.25) is 0 Å². The molecule has 0 aliphatic heterocycles. The summed E-state index contributed by atoms with van der Waals surface area (Å²) < 4.78 is 28.9. The van der Waals surface area contributed by atoms with Gasteiger partial charge >= 0.3 is 0 Å². The molecule has 3 rings (SSSR count). The van der Waals surface area contributed by atoms with Crippen LogP contribution in [-0.2, 0) is 16.6 Å². The van der Waals surface area contributed by atoms with E-state index >= 15 is 0 Å². The first-order valence-corrected chi connectivity index (χ1v) is 10.6. The Morgan fingerprint density at radius 3 is 2.39 bits per heavy atom. The third kappa shape index (κ3) is 3.66. The second-order valence-corrected chi connectivity index (χ2v) is 9.16. The fourth-order valence-electron chi connectivity index (χ4n) is 2.38. The zero-order valence-electron chi connectivity index (χ0n) is 12.4. The van der Waals surface area contributed by atoms with Crippen LogP contribution in [-0.4, -0.2) is 24.6 Å². The van der Waals surface area contributed by atoms with Gasteiger partial charge in [-0.15, -0.1) is 11.3 Å². The molecule has 0 fully saturated rings. The van der Waals surface area contributed by atoms with E-state index in [0.717, 1.165) is 15.6 Å². The van der Waals surface area contributed by atoms with Gasteiger partial charge in [0.1, 0.15) is 4.21 Å². The number of benzene rings is 2. The Bertz CT molecular complexity index is 858. The number of rotatable bonds is 6. The zero-order chi connectivity index (χ0) is 16.3. The molecule has 0 saturated heterocycles. The third-order valence-electron chi connectivity index (χ3n) is 3.53. The van der Waals surface area contributed by atoms with E-state index in [1.54, 1.807) is 6.07 Å². The quantitative estimate of drug-likeness (QED) is 0.562. The Morgan fingerprint density at radius 1 is 1.00 bits per heavy atom. The molecule has 0 bridgehead atoms. The minimum atomic E-state index is -3.50. The van der Waals surface area contributed by atoms with Crippen LogP contribution in [0.1, 0.15) is 5.56 Å². The van der Waals surface area contributed by atoms with E-state index in [4.69, 9.17) is 0 Å². The molecule has 0 aliphatic rings. The molecule has 120 valence electrons. The maximum Gasteiger partial charge on any atom is 0.252 e. The molecule has 3 nitrogen and oxygen atoms in total. The monoisotopic (exact) mass is 409 g/mol. The fraction of sp³-hybridized carbons (Fsp3) is 0.176. The van der Waals surface area contributed by atoms with Gasteiger partial charge < -0.3 is 0 Å². The second-order valence-electron chi connectivity index (χ2n) is 5.12. The number of nitrogens with zero attached hydrogens (tertiary/aromatic N) is 1. The SMILES string of the molecule is O=S(=O)(c1cc2ccccc2s1)N(CCBr)Cc1ccccc1. The largest absolute Gasteiger partial charge is 0.252 e. The smallest absolute Gasteiger partial charge is 0.206 e. The maximum atomic E-state index is 13.0. The average Bonchev–Trinajstić information content (AvgIpc) is 3.00. The lowest BCUT2D eigenvalue weighted by Crippen LogP contribution is -2.31. The molecule has 1 heterocycles. The van der Waals surface area contributed by atoms with Crippen LogP contribution in [0.5, 0.6) is 0 Å². The number of hydrogen-bond donors (Lipinski definition) is 0. The van der Waals surface area contributed by atoms with Gasteiger partial charge in [-0.25, -0.2) is 8.42 Å². The van der Waals surface area contributed by atoms with Crippen molar-refractivity contribution in [2.45, 2.75) is 10.8 Å². The summed E-state index contributed by atoms with van der Waals surface area (Å²) in [5.74, 6) is 0. The number of alkyl halides is 1. The van der Waals surface area contributed by atoms with Gasteiger partial charge in [0.25, 0.3) is 10.0 Å². The van der Waals surface area contributed by atoms with Crippen molar-refractivity contribution in [3.63, 3.8) is 0 Å². The Balaban J connectivity index is 1.96. The van der Waals surface area contributed by atoms with E-state index in [-0.39, 0.29) is 0 Å². The van der Waals surface area contributed by atoms with Crippen LogP contribution in [0.4, 0.5) is 0 Å². The minimum absolute atomic E-state index is 0.378. The average molecular weight is 410 g/mol. The zero-order valence-corrected chi connectivity index (χ0v) is 15.6. The highest BCUT2D eigenvalue weighted by Gasteiger charge is 2.26. The van der Waals surface area contributed by atoms with Gasteiger partial charge in [0.05, 0.1) is 0 Å². The number of fused-ring (bicyclic) bond motifs is 1. The van der Waals surface area contributed by atoms with E-state index in [9.17, 15) is 8.42 Å². The molecule has 2 aromatic carbocycles. The summed E-state index contributed by atoms with van der Waals surface area (Å²) in [6, 6.07) is 19.2. The number of hydrogen-bond acceptors (Lipinski definition) is 3. The van der Waals surface area contributed by atoms with Gasteiger partial charge in [-0.2, -0.15) is 4.31 Å². The summed E-state index contributed by atoms with van der Waals surface area (Å²) in [7, 11) is -3.50. The van der Waals surface area contributed by atoms with Crippen LogP contribution < -0.4 is 0 Å². The number of halogens is 1. The van der Waals surface area contributed by atoms with Crippen LogP contribution >= 0.6 is 27.3 Å². The van der Waals surface area contributed by atoms with Gasteiger partial charge in [-0.05, 0) is 23.1 Å². The number of thiophene rings is 1. The molecule has 23 heavy (non-hydrogen) atoms. The van der Waals surface area contributed by atoms with Crippen LogP contribution in [0.25, 0.3) is 10.1 Å². The van der Waals surface area contributed by atoms with Gasteiger partial charge in [0, 0.05) is 23.1 Å². The van der Waals surface area contributed by atoms with Crippen molar-refractivity contribution in [1.29, 1.82) is 0 Å². The van der Waals surface area contributed by atoms with Crippen molar-refractivity contribution >= 4 is 47.4 Å². The summed E-state index contributed by atoms with van der Waals surface area (Å²) in [6.07, 6.45) is 0. The van der Waals surface area contributed by atoms with E-state index in [1.165, 1.54) is 15.6 Å². The molecule has 0 spiro atoms. The first kappa shape index (κ1) is 16.6. The van der Waals surface area contributed by atoms with E-state index in [1.807, 2.05) is 54.6 Å². The molecule has 6 heteroatoms. The third-order valence-corrected chi connectivity index (χ3v) is 7.30. The summed E-state index contributed by atoms with van der Waals surface area (Å²) in [5, 5.41) is 1.57. The topological polar surface area (TPSA) is 37.4 Å². The molecule has 0 aliphatic carbocycles. The first-order chi connectivity index (χ1) is 11.1. The minimum Gasteiger partial charge on any atom is -0.206 e. The molecular weight excluding hydrogens is 394 g/mol. The molecule has 0 radical (unpaired) electrons. The van der Waals surface area contributed by atoms with E-state index in [2.05, 4.69) is 15.9 Å². The Labute approximate surface area is 148 Å². The fourth-order valence-corrected chi connectivity index (χ4v) is 6.02. The predicted octanol–water partition coefficient (Wildman–Crippen LogP) is 4.49. The Morgan fingerprint density at radius 2 is 1.70 bits per heavy atom. The van der Waals surface area contributed by atoms with Gasteiger partial charge in [-0.3, -0.25) is 0 Å². The predicted molar refractivity (Wildman–Crippen MR) is 99.7 cm³/mol. The molecule has 0 N–H and O–H groups in total. The normalized spacial score (nSPS) is 12.1. The maximum absolute atomic E-state index is 13.0. The molecule has 0 atom stereocenters. The number of sulfonamides is 1. The lowest BCUT2D eigenvalue weighted by Gasteiger charge is -2.20. The highest BCUT2D eigenvalue weighted by Crippen LogP contribution is 2.31. The first-order valence-electron chi connectivity index (χ1n) is 7.20. The molecule has 0 saturated carbocycles. The van der Waals surface area contributed by atoms with Crippen molar-refractivity contribution in [3.8, 4) is 0 Å². The van der Waals surface area contributed by atoms with Crippen LogP contribution in [0.3, 0.4) is 0 Å². The van der Waals surface area contributed by atoms with Gasteiger partial charge in [0.15, 0.2) is 0 Å². The van der Waals surface area contributed by atoms with Gasteiger partial charge in [0.2, 0.25) is 0 Å². The Kier molecular flexibility index (Phi) is 5.16. The van der Waals surface area contributed by atoms with Crippen molar-refractivity contribution in [2.75, 3.05) is 11.9 Å². The summed E-state index contributed by atoms with van der Waals surface area (Å²) in [6.45, 7) is 0.814. The standard InChI is InChI=1S/C17H16BrNO2S2/c18-10-11-19(13-14-6-2-1-3-7-14)23(20,21)17-12-15-8-4-5-9-16(15)22-17/h1-9,12H,10-11,13H2. The van der Waals surface area contributed by atoms with Gasteiger partial charge in [-0.1, -0.05) is 64.5 Å². The van der Waals surface area contributed by atoms with E-state index in [0.29, 0.717) is 22.6 Å². The summed E-state index contributed by atoms with van der Waals surface area (Å²) in [5.41, 5.74) is 0.984. The molecule has 1 aromatic heterocycles. The Hall–Kier alpha value is -1.21. The lowest BCUT2D eigenvalue weighted by atomic mass is 10.2. The molecular formula is C17H16BrNO2S2. The molecule has 3 aromatic rings. The van der Waals surface area contributed by atoms with Crippen molar-refractivity contribution < 1.29 is 8.42 Å². The highest BCUT2D eigenvalue weighted by atomic mass is 79.9. The highest BCUT2D eigenvalue weighted by molar-refractivity contribution is 9.09. The lowest BCUT2D eigenvalue weighted by molar-refractivity contribution is 0.428. The van der Waals surface area contributed by atoms with Crippen LogP contribution in [0.15, 0.2) is 64.9 Å². The molecule has 0 unspecified atom stereocenters. The molecule has 0 amide bonds. The summed E-state index contributed by atoms with van der Waals surface area (Å²) in [4.78, 5) is 0.